The molecule has 0 aliphatic carbocycles. The molecule has 0 saturated heterocycles. The average Bonchev–Trinajstić information content (AvgIpc) is 2.08. The van der Waals surface area contributed by atoms with Gasteiger partial charge in [-0.3, -0.25) is 4.79 Å². The normalized spacial score (nSPS) is 10.5. The number of halogens is 2. The first-order valence-corrected chi connectivity index (χ1v) is 4.25. The zero-order valence-electron chi connectivity index (χ0n) is 7.34. The quantitative estimate of drug-likeness (QED) is 0.544. The van der Waals surface area contributed by atoms with E-state index in [0.717, 1.165) is 12.3 Å². The molecule has 0 amide bonds. The molecule has 1 aromatic rings. The van der Waals surface area contributed by atoms with Crippen LogP contribution in [0, 0.1) is 11.7 Å². The number of hydrogen-bond donors (Lipinski definition) is 0. The third-order valence-corrected chi connectivity index (χ3v) is 1.90. The highest BCUT2D eigenvalue weighted by Crippen LogP contribution is 2.17. The van der Waals surface area contributed by atoms with Crippen LogP contribution in [0.4, 0.5) is 4.39 Å². The fourth-order valence-electron chi connectivity index (χ4n) is 0.906. The molecule has 0 unspecified atom stereocenters. The van der Waals surface area contributed by atoms with Gasteiger partial charge in [0.05, 0.1) is 11.8 Å². The van der Waals surface area contributed by atoms with Crippen LogP contribution in [0.15, 0.2) is 12.3 Å². The third-order valence-electron chi connectivity index (χ3n) is 1.60. The Bertz CT molecular complexity index is 338. The molecule has 0 spiro atoms. The molecule has 0 radical (unpaired) electrons. The predicted molar refractivity (Wildman–Crippen MR) is 48.4 cm³/mol. The summed E-state index contributed by atoms with van der Waals surface area (Å²) in [5, 5.41) is 0.0556. The van der Waals surface area contributed by atoms with E-state index in [2.05, 4.69) is 4.98 Å². The molecule has 0 atom stereocenters. The van der Waals surface area contributed by atoms with Crippen LogP contribution >= 0.6 is 11.6 Å². The molecule has 0 aliphatic heterocycles. The number of ketones is 1. The van der Waals surface area contributed by atoms with E-state index in [1.165, 1.54) is 0 Å². The molecule has 0 fully saturated rings. The first kappa shape index (κ1) is 10.1. The maximum atomic E-state index is 12.7. The fourth-order valence-corrected chi connectivity index (χ4v) is 1.10. The van der Waals surface area contributed by atoms with Gasteiger partial charge in [0.25, 0.3) is 0 Å². The van der Waals surface area contributed by atoms with Crippen molar-refractivity contribution in [3.63, 3.8) is 0 Å². The number of carbonyl (C=O) groups excluding carboxylic acids is 1. The summed E-state index contributed by atoms with van der Waals surface area (Å²) in [5.41, 5.74) is 0.150. The van der Waals surface area contributed by atoms with Crippen LogP contribution in [-0.2, 0) is 0 Å². The van der Waals surface area contributed by atoms with Gasteiger partial charge in [0.15, 0.2) is 5.78 Å². The highest BCUT2D eigenvalue weighted by molar-refractivity contribution is 6.32. The monoisotopic (exact) mass is 201 g/mol. The van der Waals surface area contributed by atoms with Crippen LogP contribution < -0.4 is 0 Å². The van der Waals surface area contributed by atoms with E-state index >= 15 is 0 Å². The molecule has 70 valence electrons. The largest absolute Gasteiger partial charge is 0.294 e. The zero-order chi connectivity index (χ0) is 10.0. The molecule has 0 saturated carbocycles. The van der Waals surface area contributed by atoms with Crippen molar-refractivity contribution in [1.82, 2.24) is 4.98 Å². The Morgan fingerprint density at radius 1 is 1.62 bits per heavy atom. The van der Waals surface area contributed by atoms with Crippen molar-refractivity contribution in [1.29, 1.82) is 0 Å². The van der Waals surface area contributed by atoms with Crippen molar-refractivity contribution < 1.29 is 9.18 Å². The summed E-state index contributed by atoms with van der Waals surface area (Å²) in [4.78, 5) is 15.0. The van der Waals surface area contributed by atoms with E-state index in [1.54, 1.807) is 13.8 Å². The van der Waals surface area contributed by atoms with Crippen molar-refractivity contribution in [3.8, 4) is 0 Å². The van der Waals surface area contributed by atoms with Crippen molar-refractivity contribution in [2.45, 2.75) is 13.8 Å². The summed E-state index contributed by atoms with van der Waals surface area (Å²) in [6, 6.07) is 1.11. The summed E-state index contributed by atoms with van der Waals surface area (Å²) < 4.78 is 12.7. The van der Waals surface area contributed by atoms with Crippen LogP contribution in [0.5, 0.6) is 0 Å². The second-order valence-electron chi connectivity index (χ2n) is 3.01. The number of aromatic nitrogens is 1. The van der Waals surface area contributed by atoms with Gasteiger partial charge in [0, 0.05) is 5.92 Å². The minimum atomic E-state index is -0.548. The van der Waals surface area contributed by atoms with Crippen LogP contribution in [0.3, 0.4) is 0 Å². The lowest BCUT2D eigenvalue weighted by atomic mass is 10.0. The molecule has 1 rings (SSSR count). The van der Waals surface area contributed by atoms with Crippen LogP contribution in [0.25, 0.3) is 0 Å². The van der Waals surface area contributed by atoms with E-state index in [4.69, 9.17) is 11.6 Å². The van der Waals surface area contributed by atoms with Gasteiger partial charge in [0.1, 0.15) is 11.0 Å². The number of pyridine rings is 1. The SMILES string of the molecule is CC(C)C(=O)c1cc(F)cnc1Cl. The standard InChI is InChI=1S/C9H9ClFNO/c1-5(2)8(13)7-3-6(11)4-12-9(7)10/h3-5H,1-2H3. The van der Waals surface area contributed by atoms with Gasteiger partial charge in [0.2, 0.25) is 0 Å². The van der Waals surface area contributed by atoms with E-state index in [1.807, 2.05) is 0 Å². The number of carbonyl (C=O) groups is 1. The van der Waals surface area contributed by atoms with Crippen LogP contribution in [-0.4, -0.2) is 10.8 Å². The van der Waals surface area contributed by atoms with Crippen molar-refractivity contribution in [2.24, 2.45) is 5.92 Å². The van der Waals surface area contributed by atoms with Gasteiger partial charge in [-0.1, -0.05) is 25.4 Å². The minimum absolute atomic E-state index is 0.0556. The first-order valence-electron chi connectivity index (χ1n) is 3.87. The minimum Gasteiger partial charge on any atom is -0.294 e. The average molecular weight is 202 g/mol. The number of hydrogen-bond acceptors (Lipinski definition) is 2. The molecule has 1 aromatic heterocycles. The number of nitrogens with zero attached hydrogens (tertiary/aromatic N) is 1. The van der Waals surface area contributed by atoms with Gasteiger partial charge >= 0.3 is 0 Å². The fraction of sp³-hybridized carbons (Fsp3) is 0.333. The highest BCUT2D eigenvalue weighted by Gasteiger charge is 2.15. The second-order valence-corrected chi connectivity index (χ2v) is 3.37. The molecule has 0 N–H and O–H groups in total. The van der Waals surface area contributed by atoms with E-state index in [-0.39, 0.29) is 22.4 Å². The third kappa shape index (κ3) is 2.25. The van der Waals surface area contributed by atoms with E-state index in [0.29, 0.717) is 0 Å². The maximum absolute atomic E-state index is 12.7. The first-order chi connectivity index (χ1) is 6.02. The van der Waals surface area contributed by atoms with E-state index in [9.17, 15) is 9.18 Å². The van der Waals surface area contributed by atoms with Gasteiger partial charge in [-0.2, -0.15) is 0 Å². The lowest BCUT2D eigenvalue weighted by Crippen LogP contribution is -2.09. The van der Waals surface area contributed by atoms with Crippen molar-refractivity contribution >= 4 is 17.4 Å². The Kier molecular flexibility index (Phi) is 2.98. The Morgan fingerprint density at radius 3 is 2.77 bits per heavy atom. The Labute approximate surface area is 80.7 Å². The molecule has 0 bridgehead atoms. The lowest BCUT2D eigenvalue weighted by molar-refractivity contribution is 0.0938. The summed E-state index contributed by atoms with van der Waals surface area (Å²) in [5.74, 6) is -0.952. The topological polar surface area (TPSA) is 30.0 Å². The molecule has 0 aromatic carbocycles. The molecular formula is C9H9ClFNO. The Balaban J connectivity index is 3.13. The number of rotatable bonds is 2. The van der Waals surface area contributed by atoms with Gasteiger partial charge in [-0.05, 0) is 6.07 Å². The zero-order valence-corrected chi connectivity index (χ0v) is 8.10. The van der Waals surface area contributed by atoms with Gasteiger partial charge < -0.3 is 0 Å². The van der Waals surface area contributed by atoms with Crippen molar-refractivity contribution in [3.05, 3.63) is 28.8 Å². The summed E-state index contributed by atoms with van der Waals surface area (Å²) >= 11 is 5.64. The molecule has 4 heteroatoms. The molecule has 1 heterocycles. The molecule has 2 nitrogen and oxygen atoms in total. The maximum Gasteiger partial charge on any atom is 0.168 e. The smallest absolute Gasteiger partial charge is 0.168 e. The summed E-state index contributed by atoms with van der Waals surface area (Å²) in [6.45, 7) is 3.45. The Morgan fingerprint density at radius 2 is 2.23 bits per heavy atom. The van der Waals surface area contributed by atoms with Crippen molar-refractivity contribution in [2.75, 3.05) is 0 Å². The second kappa shape index (κ2) is 3.83. The number of Topliss-reactive ketones (excluding diaryl/α,β-unsaturated/α-hetero) is 1. The summed E-state index contributed by atoms with van der Waals surface area (Å²) in [7, 11) is 0. The highest BCUT2D eigenvalue weighted by atomic mass is 35.5. The Hall–Kier alpha value is -0.960. The van der Waals surface area contributed by atoms with E-state index < -0.39 is 5.82 Å². The molecule has 13 heavy (non-hydrogen) atoms. The van der Waals surface area contributed by atoms with Gasteiger partial charge in [-0.15, -0.1) is 0 Å². The molecular weight excluding hydrogens is 193 g/mol. The predicted octanol–water partition coefficient (Wildman–Crippen LogP) is 2.71. The molecule has 0 aliphatic rings. The lowest BCUT2D eigenvalue weighted by Gasteiger charge is -2.04. The van der Waals surface area contributed by atoms with Gasteiger partial charge in [-0.25, -0.2) is 9.37 Å². The summed E-state index contributed by atoms with van der Waals surface area (Å²) in [6.07, 6.45) is 0.986. The van der Waals surface area contributed by atoms with Crippen LogP contribution in [0.1, 0.15) is 24.2 Å². The van der Waals surface area contributed by atoms with Crippen LogP contribution in [0.2, 0.25) is 5.15 Å².